The molecule has 0 saturated carbocycles. The first-order valence-corrected chi connectivity index (χ1v) is 9.14. The van der Waals surface area contributed by atoms with Crippen LogP contribution >= 0.6 is 0 Å². The Kier molecular flexibility index (Phi) is 7.95. The maximum absolute atomic E-state index is 2.57. The zero-order valence-corrected chi connectivity index (χ0v) is 15.8. The summed E-state index contributed by atoms with van der Waals surface area (Å²) in [5.41, 5.74) is 4.44. The van der Waals surface area contributed by atoms with E-state index in [1.165, 1.54) is 29.9 Å². The van der Waals surface area contributed by atoms with Gasteiger partial charge in [-0.05, 0) is 49.4 Å². The molecule has 2 nitrogen and oxygen atoms in total. The number of aryl methyl sites for hydroxylation is 1. The first-order chi connectivity index (χ1) is 10.5. The maximum Gasteiger partial charge on any atom is 0.0370 e. The molecule has 1 aromatic carbocycles. The highest BCUT2D eigenvalue weighted by Gasteiger charge is 2.19. The molecule has 0 bridgehead atoms. The summed E-state index contributed by atoms with van der Waals surface area (Å²) in [5, 5.41) is 0. The average molecular weight is 305 g/mol. The van der Waals surface area contributed by atoms with Gasteiger partial charge in [0.2, 0.25) is 0 Å². The van der Waals surface area contributed by atoms with Crippen LogP contribution in [-0.2, 0) is 6.42 Å². The van der Waals surface area contributed by atoms with Crippen molar-refractivity contribution in [2.75, 3.05) is 31.1 Å². The molecule has 0 atom stereocenters. The summed E-state index contributed by atoms with van der Waals surface area (Å²) < 4.78 is 0. The predicted octanol–water partition coefficient (Wildman–Crippen LogP) is 4.93. The topological polar surface area (TPSA) is 6.48 Å². The number of hydrogen-bond donors (Lipinski definition) is 0. The summed E-state index contributed by atoms with van der Waals surface area (Å²) in [4.78, 5) is 5.11. The Bertz CT molecular complexity index is 429. The van der Waals surface area contributed by atoms with E-state index in [1.54, 1.807) is 0 Å². The molecule has 1 aromatic rings. The van der Waals surface area contributed by atoms with Crippen molar-refractivity contribution >= 4 is 5.69 Å². The lowest BCUT2D eigenvalue weighted by atomic mass is 9.95. The third kappa shape index (κ3) is 4.74. The Morgan fingerprint density at radius 3 is 2.00 bits per heavy atom. The molecule has 0 radical (unpaired) electrons. The van der Waals surface area contributed by atoms with Gasteiger partial charge in [0, 0.05) is 37.9 Å². The van der Waals surface area contributed by atoms with E-state index in [-0.39, 0.29) is 0 Å². The molecule has 0 aliphatic carbocycles. The van der Waals surface area contributed by atoms with Crippen LogP contribution in [0, 0.1) is 0 Å². The minimum atomic E-state index is 0.622. The standard InChI is InChI=1S/C18H30N2.C2H6/c1-6-16-13-17(7-8-18(16)14(2)3)20-11-9-19(10-12-20)15(4)5;1-2/h7-8,13-15H,6,9-12H2,1-5H3;1-2H3. The fraction of sp³-hybridized carbons (Fsp3) is 0.700. The minimum absolute atomic E-state index is 0.622. The van der Waals surface area contributed by atoms with E-state index in [0.29, 0.717) is 12.0 Å². The third-order valence-electron chi connectivity index (χ3n) is 4.54. The monoisotopic (exact) mass is 304 g/mol. The molecular weight excluding hydrogens is 268 g/mol. The van der Waals surface area contributed by atoms with Gasteiger partial charge in [0.25, 0.3) is 0 Å². The Hall–Kier alpha value is -1.02. The number of hydrogen-bond acceptors (Lipinski definition) is 2. The first-order valence-electron chi connectivity index (χ1n) is 9.14. The molecule has 0 amide bonds. The van der Waals surface area contributed by atoms with Crippen molar-refractivity contribution in [1.82, 2.24) is 4.90 Å². The van der Waals surface area contributed by atoms with E-state index in [0.717, 1.165) is 19.5 Å². The lowest BCUT2D eigenvalue weighted by molar-refractivity contribution is 0.209. The van der Waals surface area contributed by atoms with Crippen molar-refractivity contribution in [3.05, 3.63) is 29.3 Å². The van der Waals surface area contributed by atoms with Crippen molar-refractivity contribution in [2.24, 2.45) is 0 Å². The molecule has 1 heterocycles. The van der Waals surface area contributed by atoms with Crippen LogP contribution in [0.1, 0.15) is 65.5 Å². The third-order valence-corrected chi connectivity index (χ3v) is 4.54. The second-order valence-electron chi connectivity index (χ2n) is 6.51. The number of rotatable bonds is 4. The number of anilines is 1. The maximum atomic E-state index is 2.57. The van der Waals surface area contributed by atoms with Crippen molar-refractivity contribution in [3.63, 3.8) is 0 Å². The van der Waals surface area contributed by atoms with Crippen molar-refractivity contribution in [1.29, 1.82) is 0 Å². The highest BCUT2D eigenvalue weighted by molar-refractivity contribution is 5.52. The average Bonchev–Trinajstić information content (AvgIpc) is 2.56. The van der Waals surface area contributed by atoms with Crippen LogP contribution in [0.25, 0.3) is 0 Å². The van der Waals surface area contributed by atoms with Gasteiger partial charge in [0.1, 0.15) is 0 Å². The molecule has 22 heavy (non-hydrogen) atoms. The van der Waals surface area contributed by atoms with Crippen LogP contribution in [-0.4, -0.2) is 37.1 Å². The van der Waals surface area contributed by atoms with Crippen LogP contribution in [0.15, 0.2) is 18.2 Å². The van der Waals surface area contributed by atoms with Crippen LogP contribution in [0.4, 0.5) is 5.69 Å². The lowest BCUT2D eigenvalue weighted by Crippen LogP contribution is -2.48. The molecule has 0 N–H and O–H groups in total. The van der Waals surface area contributed by atoms with Gasteiger partial charge in [0.05, 0.1) is 0 Å². The Morgan fingerprint density at radius 1 is 0.955 bits per heavy atom. The summed E-state index contributed by atoms with van der Waals surface area (Å²) in [6.45, 7) is 20.1. The summed E-state index contributed by atoms with van der Waals surface area (Å²) in [6.07, 6.45) is 1.13. The fourth-order valence-electron chi connectivity index (χ4n) is 3.15. The Labute approximate surface area is 138 Å². The summed E-state index contributed by atoms with van der Waals surface area (Å²) in [5.74, 6) is 0.622. The van der Waals surface area contributed by atoms with Gasteiger partial charge >= 0.3 is 0 Å². The summed E-state index contributed by atoms with van der Waals surface area (Å²) in [6, 6.07) is 7.75. The van der Waals surface area contributed by atoms with Gasteiger partial charge in [-0.2, -0.15) is 0 Å². The molecule has 0 aromatic heterocycles. The molecule has 2 heteroatoms. The Balaban J connectivity index is 0.00000116. The fourth-order valence-corrected chi connectivity index (χ4v) is 3.15. The van der Waals surface area contributed by atoms with Crippen molar-refractivity contribution < 1.29 is 0 Å². The molecule has 1 saturated heterocycles. The van der Waals surface area contributed by atoms with Gasteiger partial charge in [-0.25, -0.2) is 0 Å². The minimum Gasteiger partial charge on any atom is -0.369 e. The molecule has 1 aliphatic rings. The van der Waals surface area contributed by atoms with Gasteiger partial charge < -0.3 is 4.90 Å². The highest BCUT2D eigenvalue weighted by atomic mass is 15.3. The molecule has 1 fully saturated rings. The molecule has 126 valence electrons. The molecular formula is C20H36N2. The van der Waals surface area contributed by atoms with E-state index < -0.39 is 0 Å². The van der Waals surface area contributed by atoms with E-state index >= 15 is 0 Å². The summed E-state index contributed by atoms with van der Waals surface area (Å²) in [7, 11) is 0. The lowest BCUT2D eigenvalue weighted by Gasteiger charge is -2.38. The molecule has 1 aliphatic heterocycles. The van der Waals surface area contributed by atoms with Crippen LogP contribution in [0.2, 0.25) is 0 Å². The van der Waals surface area contributed by atoms with Gasteiger partial charge in [0.15, 0.2) is 0 Å². The van der Waals surface area contributed by atoms with Crippen molar-refractivity contribution in [2.45, 2.75) is 66.8 Å². The SMILES string of the molecule is CC.CCc1cc(N2CCN(C(C)C)CC2)ccc1C(C)C. The molecule has 2 rings (SSSR count). The molecule has 0 spiro atoms. The largest absolute Gasteiger partial charge is 0.369 e. The Morgan fingerprint density at radius 2 is 1.55 bits per heavy atom. The van der Waals surface area contributed by atoms with E-state index in [1.807, 2.05) is 13.8 Å². The van der Waals surface area contributed by atoms with Crippen LogP contribution in [0.5, 0.6) is 0 Å². The highest BCUT2D eigenvalue weighted by Crippen LogP contribution is 2.26. The second kappa shape index (κ2) is 9.19. The first kappa shape index (κ1) is 19.0. The molecule has 0 unspecified atom stereocenters. The quantitative estimate of drug-likeness (QED) is 0.778. The zero-order valence-electron chi connectivity index (χ0n) is 15.8. The van der Waals surface area contributed by atoms with E-state index in [2.05, 4.69) is 62.6 Å². The van der Waals surface area contributed by atoms with Crippen LogP contribution < -0.4 is 4.90 Å². The van der Waals surface area contributed by atoms with Crippen LogP contribution in [0.3, 0.4) is 0 Å². The normalized spacial score (nSPS) is 16.0. The smallest absolute Gasteiger partial charge is 0.0370 e. The zero-order chi connectivity index (χ0) is 16.7. The predicted molar refractivity (Wildman–Crippen MR) is 100 cm³/mol. The van der Waals surface area contributed by atoms with Gasteiger partial charge in [-0.3, -0.25) is 4.90 Å². The van der Waals surface area contributed by atoms with Gasteiger partial charge in [-0.15, -0.1) is 0 Å². The van der Waals surface area contributed by atoms with E-state index in [9.17, 15) is 0 Å². The van der Waals surface area contributed by atoms with Gasteiger partial charge in [-0.1, -0.05) is 40.7 Å². The van der Waals surface area contributed by atoms with Crippen molar-refractivity contribution in [3.8, 4) is 0 Å². The number of piperazine rings is 1. The van der Waals surface area contributed by atoms with E-state index in [4.69, 9.17) is 0 Å². The second-order valence-corrected chi connectivity index (χ2v) is 6.51. The summed E-state index contributed by atoms with van der Waals surface area (Å²) >= 11 is 0. The number of benzene rings is 1. The number of nitrogens with zero attached hydrogens (tertiary/aromatic N) is 2.